The molecule has 1 saturated heterocycles. The van der Waals surface area contributed by atoms with Crippen LogP contribution in [0.3, 0.4) is 0 Å². The summed E-state index contributed by atoms with van der Waals surface area (Å²) in [6, 6.07) is 7.87. The molecule has 2 rings (SSSR count). The Morgan fingerprint density at radius 2 is 1.93 bits per heavy atom. The maximum absolute atomic E-state index is 11.5. The molecule has 2 atom stereocenters. The first kappa shape index (κ1) is 10.2. The van der Waals surface area contributed by atoms with E-state index in [1.807, 2.05) is 19.1 Å². The van der Waals surface area contributed by atoms with Crippen LogP contribution in [0.4, 0.5) is 5.69 Å². The van der Waals surface area contributed by atoms with Gasteiger partial charge in [-0.2, -0.15) is 0 Å². The number of carbonyl (C=O) groups is 1. The molecule has 0 bridgehead atoms. The van der Waals surface area contributed by atoms with Crippen molar-refractivity contribution in [2.24, 2.45) is 5.73 Å². The zero-order valence-corrected chi connectivity index (χ0v) is 9.10. The van der Waals surface area contributed by atoms with Gasteiger partial charge in [-0.15, -0.1) is 0 Å². The van der Waals surface area contributed by atoms with Crippen molar-refractivity contribution in [3.8, 4) is 0 Å². The van der Waals surface area contributed by atoms with Gasteiger partial charge in [0.2, 0.25) is 5.91 Å². The molecule has 1 amide bonds. The van der Waals surface area contributed by atoms with Crippen molar-refractivity contribution in [2.75, 3.05) is 4.90 Å². The Bertz CT molecular complexity index is 372. The van der Waals surface area contributed by atoms with Gasteiger partial charge in [-0.3, -0.25) is 4.79 Å². The zero-order valence-electron chi connectivity index (χ0n) is 9.10. The van der Waals surface area contributed by atoms with E-state index >= 15 is 0 Å². The van der Waals surface area contributed by atoms with Crippen LogP contribution in [0.5, 0.6) is 0 Å². The lowest BCUT2D eigenvalue weighted by molar-refractivity contribution is -0.125. The van der Waals surface area contributed by atoms with Crippen molar-refractivity contribution in [2.45, 2.75) is 32.4 Å². The molecule has 1 aromatic rings. The Balaban J connectivity index is 2.20. The predicted molar refractivity (Wildman–Crippen MR) is 60.7 cm³/mol. The fourth-order valence-electron chi connectivity index (χ4n) is 1.90. The first-order chi connectivity index (χ1) is 7.15. The summed E-state index contributed by atoms with van der Waals surface area (Å²) in [6.07, 6.45) is 1.02. The van der Waals surface area contributed by atoms with E-state index in [2.05, 4.69) is 19.1 Å². The first-order valence-electron chi connectivity index (χ1n) is 5.32. The second-order valence-electron chi connectivity index (χ2n) is 3.99. The zero-order chi connectivity index (χ0) is 11.0. The SMILES string of the molecule is CCc1ccc(N2C(=O)[C@@H](N)[C@@H]2C)cc1. The first-order valence-corrected chi connectivity index (χ1v) is 5.32. The smallest absolute Gasteiger partial charge is 0.246 e. The number of hydrogen-bond acceptors (Lipinski definition) is 2. The molecule has 3 nitrogen and oxygen atoms in total. The van der Waals surface area contributed by atoms with E-state index in [0.29, 0.717) is 0 Å². The fraction of sp³-hybridized carbons (Fsp3) is 0.417. The van der Waals surface area contributed by atoms with Crippen molar-refractivity contribution < 1.29 is 4.79 Å². The minimum atomic E-state index is -0.323. The Hall–Kier alpha value is -1.35. The largest absolute Gasteiger partial charge is 0.318 e. The molecule has 2 N–H and O–H groups in total. The average Bonchev–Trinajstić information content (AvgIpc) is 2.30. The summed E-state index contributed by atoms with van der Waals surface area (Å²) in [6.45, 7) is 4.09. The minimum Gasteiger partial charge on any atom is -0.318 e. The quantitative estimate of drug-likeness (QED) is 0.738. The number of anilines is 1. The van der Waals surface area contributed by atoms with Gasteiger partial charge in [0.25, 0.3) is 0 Å². The number of benzene rings is 1. The van der Waals surface area contributed by atoms with Crippen LogP contribution in [0.1, 0.15) is 19.4 Å². The van der Waals surface area contributed by atoms with Crippen molar-refractivity contribution >= 4 is 11.6 Å². The summed E-state index contributed by atoms with van der Waals surface area (Å²) in [4.78, 5) is 13.3. The van der Waals surface area contributed by atoms with E-state index in [1.165, 1.54) is 5.56 Å². The minimum absolute atomic E-state index is 0.0201. The molecule has 1 fully saturated rings. The predicted octanol–water partition coefficient (Wildman–Crippen LogP) is 1.31. The maximum atomic E-state index is 11.5. The van der Waals surface area contributed by atoms with Crippen LogP contribution < -0.4 is 10.6 Å². The van der Waals surface area contributed by atoms with Gasteiger partial charge in [0.1, 0.15) is 6.04 Å². The van der Waals surface area contributed by atoms with Crippen molar-refractivity contribution in [1.29, 1.82) is 0 Å². The van der Waals surface area contributed by atoms with Crippen LogP contribution in [-0.2, 0) is 11.2 Å². The molecule has 0 aromatic heterocycles. The third-order valence-corrected chi connectivity index (χ3v) is 3.07. The van der Waals surface area contributed by atoms with Crippen molar-refractivity contribution in [1.82, 2.24) is 0 Å². The molecule has 15 heavy (non-hydrogen) atoms. The molecular formula is C12H16N2O. The highest BCUT2D eigenvalue weighted by Gasteiger charge is 2.42. The van der Waals surface area contributed by atoms with Gasteiger partial charge in [-0.25, -0.2) is 0 Å². The summed E-state index contributed by atoms with van der Waals surface area (Å²) < 4.78 is 0. The van der Waals surface area contributed by atoms with E-state index in [4.69, 9.17) is 5.73 Å². The van der Waals surface area contributed by atoms with E-state index < -0.39 is 0 Å². The molecule has 1 heterocycles. The number of β-lactam (4-membered cyclic amide) rings is 1. The third-order valence-electron chi connectivity index (χ3n) is 3.07. The molecule has 0 aliphatic carbocycles. The van der Waals surface area contributed by atoms with Crippen LogP contribution in [0.15, 0.2) is 24.3 Å². The summed E-state index contributed by atoms with van der Waals surface area (Å²) in [5.41, 5.74) is 7.89. The fourth-order valence-corrected chi connectivity index (χ4v) is 1.90. The molecule has 1 aromatic carbocycles. The Morgan fingerprint density at radius 1 is 1.33 bits per heavy atom. The van der Waals surface area contributed by atoms with Gasteiger partial charge in [-0.05, 0) is 31.0 Å². The van der Waals surface area contributed by atoms with Gasteiger partial charge in [0.15, 0.2) is 0 Å². The Morgan fingerprint density at radius 3 is 2.40 bits per heavy atom. The molecule has 1 aliphatic rings. The number of carbonyl (C=O) groups excluding carboxylic acids is 1. The molecular weight excluding hydrogens is 188 g/mol. The van der Waals surface area contributed by atoms with Crippen LogP contribution in [0, 0.1) is 0 Å². The standard InChI is InChI=1S/C12H16N2O/c1-3-9-4-6-10(7-5-9)14-8(2)11(13)12(14)15/h4-8,11H,3,13H2,1-2H3/t8-,11-/m0/s1. The lowest BCUT2D eigenvalue weighted by Gasteiger charge is -2.43. The number of nitrogens with two attached hydrogens (primary N) is 1. The van der Waals surface area contributed by atoms with Gasteiger partial charge in [-0.1, -0.05) is 19.1 Å². The van der Waals surface area contributed by atoms with Crippen molar-refractivity contribution in [3.05, 3.63) is 29.8 Å². The third kappa shape index (κ3) is 1.53. The maximum Gasteiger partial charge on any atom is 0.246 e. The number of amides is 1. The van der Waals surface area contributed by atoms with Gasteiger partial charge < -0.3 is 10.6 Å². The molecule has 3 heteroatoms. The Kier molecular flexibility index (Phi) is 2.49. The van der Waals surface area contributed by atoms with Crippen molar-refractivity contribution in [3.63, 3.8) is 0 Å². The molecule has 80 valence electrons. The monoisotopic (exact) mass is 204 g/mol. The Labute approximate surface area is 89.9 Å². The second-order valence-corrected chi connectivity index (χ2v) is 3.99. The van der Waals surface area contributed by atoms with E-state index in [9.17, 15) is 4.79 Å². The highest BCUT2D eigenvalue weighted by atomic mass is 16.2. The molecule has 0 spiro atoms. The van der Waals surface area contributed by atoms with E-state index in [1.54, 1.807) is 4.90 Å². The van der Waals surface area contributed by atoms with Gasteiger partial charge in [0, 0.05) is 5.69 Å². The number of rotatable bonds is 2. The molecule has 0 radical (unpaired) electrons. The summed E-state index contributed by atoms with van der Waals surface area (Å²) in [5.74, 6) is 0.0201. The summed E-state index contributed by atoms with van der Waals surface area (Å²) in [7, 11) is 0. The van der Waals surface area contributed by atoms with Gasteiger partial charge >= 0.3 is 0 Å². The highest BCUT2D eigenvalue weighted by Crippen LogP contribution is 2.26. The number of hydrogen-bond donors (Lipinski definition) is 1. The molecule has 1 aliphatic heterocycles. The highest BCUT2D eigenvalue weighted by molar-refractivity contribution is 6.05. The summed E-state index contributed by atoms with van der Waals surface area (Å²) in [5, 5.41) is 0. The molecule has 0 unspecified atom stereocenters. The lowest BCUT2D eigenvalue weighted by Crippen LogP contribution is -2.67. The van der Waals surface area contributed by atoms with Crippen LogP contribution in [-0.4, -0.2) is 18.0 Å². The second kappa shape index (κ2) is 3.66. The van der Waals surface area contributed by atoms with Crippen LogP contribution >= 0.6 is 0 Å². The lowest BCUT2D eigenvalue weighted by atomic mass is 9.96. The van der Waals surface area contributed by atoms with E-state index in [0.717, 1.165) is 12.1 Å². The van der Waals surface area contributed by atoms with E-state index in [-0.39, 0.29) is 18.0 Å². The van der Waals surface area contributed by atoms with Gasteiger partial charge in [0.05, 0.1) is 6.04 Å². The molecule has 0 saturated carbocycles. The topological polar surface area (TPSA) is 46.3 Å². The number of nitrogens with zero attached hydrogens (tertiary/aromatic N) is 1. The number of aryl methyl sites for hydroxylation is 1. The van der Waals surface area contributed by atoms with Crippen LogP contribution in [0.2, 0.25) is 0 Å². The van der Waals surface area contributed by atoms with Crippen LogP contribution in [0.25, 0.3) is 0 Å². The normalized spacial score (nSPS) is 25.3. The summed E-state index contributed by atoms with van der Waals surface area (Å²) >= 11 is 0. The average molecular weight is 204 g/mol.